The van der Waals surface area contributed by atoms with Gasteiger partial charge in [0.05, 0.1) is 18.8 Å². The largest absolute Gasteiger partial charge is 0.392 e. The molecule has 2 heterocycles. The summed E-state index contributed by atoms with van der Waals surface area (Å²) in [6.45, 7) is -0.464. The van der Waals surface area contributed by atoms with Gasteiger partial charge in [0.25, 0.3) is 11.8 Å². The molecule has 6 nitrogen and oxygen atoms in total. The van der Waals surface area contributed by atoms with Gasteiger partial charge in [-0.15, -0.1) is 23.5 Å². The zero-order valence-electron chi connectivity index (χ0n) is 13.2. The van der Waals surface area contributed by atoms with E-state index < -0.39 is 28.5 Å². The Kier molecular flexibility index (Phi) is 4.07. The first-order valence-electron chi connectivity index (χ1n) is 7.28. The van der Waals surface area contributed by atoms with E-state index in [9.17, 15) is 19.8 Å². The number of carbonyl (C=O) groups is 2. The molecule has 3 rings (SSSR count). The Bertz CT molecular complexity index is 617. The molecule has 2 fully saturated rings. The number of nitrogens with zero attached hydrogens (tertiary/aromatic N) is 2. The zero-order valence-corrected chi connectivity index (χ0v) is 14.9. The van der Waals surface area contributed by atoms with Crippen LogP contribution in [0.1, 0.15) is 6.42 Å². The molecule has 8 heteroatoms. The number of aliphatic hydroxyl groups excluding tert-OH is 2. The van der Waals surface area contributed by atoms with Crippen molar-refractivity contribution in [3.63, 3.8) is 0 Å². The second-order valence-electron chi connectivity index (χ2n) is 5.91. The molecule has 2 aliphatic heterocycles. The van der Waals surface area contributed by atoms with Gasteiger partial charge < -0.3 is 20.0 Å². The monoisotopic (exact) mass is 356 g/mol. The number of thioether (sulfide) groups is 2. The minimum Gasteiger partial charge on any atom is -0.392 e. The number of carbonyl (C=O) groups excluding carboxylic acids is 2. The van der Waals surface area contributed by atoms with Crippen LogP contribution in [0.25, 0.3) is 0 Å². The van der Waals surface area contributed by atoms with Crippen molar-refractivity contribution in [2.24, 2.45) is 0 Å². The molecular formula is C15H20N2O4S2. The van der Waals surface area contributed by atoms with E-state index in [0.717, 1.165) is 17.3 Å². The van der Waals surface area contributed by atoms with Gasteiger partial charge in [-0.05, 0) is 18.1 Å². The molecule has 0 bridgehead atoms. The molecule has 4 atom stereocenters. The smallest absolute Gasteiger partial charge is 0.263 e. The van der Waals surface area contributed by atoms with E-state index in [1.165, 1.54) is 21.6 Å². The van der Waals surface area contributed by atoms with Crippen LogP contribution in [-0.2, 0) is 9.59 Å². The number of piperazine rings is 1. The van der Waals surface area contributed by atoms with E-state index in [1.807, 2.05) is 6.08 Å². The topological polar surface area (TPSA) is 81.1 Å². The summed E-state index contributed by atoms with van der Waals surface area (Å²) in [7, 11) is 1.56. The number of allylic oxidation sites excluding steroid dienone is 2. The first-order valence-corrected chi connectivity index (χ1v) is 9.73. The van der Waals surface area contributed by atoms with Crippen LogP contribution in [0, 0.1) is 0 Å². The van der Waals surface area contributed by atoms with Gasteiger partial charge in [-0.2, -0.15) is 0 Å². The number of hydrogen-bond donors (Lipinski definition) is 2. The predicted octanol–water partition coefficient (Wildman–Crippen LogP) is 0.0273. The molecular weight excluding hydrogens is 336 g/mol. The van der Waals surface area contributed by atoms with Crippen molar-refractivity contribution < 1.29 is 19.8 Å². The van der Waals surface area contributed by atoms with E-state index in [-0.39, 0.29) is 11.8 Å². The molecule has 2 amide bonds. The third-order valence-electron chi connectivity index (χ3n) is 5.06. The fourth-order valence-electron chi connectivity index (χ4n) is 3.73. The normalized spacial score (nSPS) is 39.4. The van der Waals surface area contributed by atoms with Gasteiger partial charge in [0, 0.05) is 13.5 Å². The van der Waals surface area contributed by atoms with Crippen LogP contribution in [0.5, 0.6) is 0 Å². The molecule has 2 saturated heterocycles. The maximum Gasteiger partial charge on any atom is 0.263 e. The fourth-order valence-corrected chi connectivity index (χ4v) is 5.51. The lowest BCUT2D eigenvalue weighted by Crippen LogP contribution is -2.74. The van der Waals surface area contributed by atoms with Gasteiger partial charge in [0.15, 0.2) is 9.74 Å². The molecule has 0 aromatic heterocycles. The Hall–Kier alpha value is -0.960. The Labute approximate surface area is 143 Å². The fraction of sp³-hybridized carbons (Fsp3) is 0.600. The van der Waals surface area contributed by atoms with E-state index in [2.05, 4.69) is 0 Å². The van der Waals surface area contributed by atoms with Crippen molar-refractivity contribution in [1.29, 1.82) is 0 Å². The lowest BCUT2D eigenvalue weighted by atomic mass is 9.97. The molecule has 3 aliphatic rings. The van der Waals surface area contributed by atoms with Gasteiger partial charge >= 0.3 is 0 Å². The van der Waals surface area contributed by atoms with Crippen LogP contribution in [-0.4, -0.2) is 79.9 Å². The number of likely N-dealkylation sites (N-methyl/N-ethyl adjacent to an activating group) is 1. The van der Waals surface area contributed by atoms with Gasteiger partial charge in [0.2, 0.25) is 0 Å². The lowest BCUT2D eigenvalue weighted by Gasteiger charge is -2.53. The highest BCUT2D eigenvalue weighted by atomic mass is 32.2. The molecule has 0 aromatic rings. The van der Waals surface area contributed by atoms with Crippen LogP contribution in [0.15, 0.2) is 23.8 Å². The maximum absolute atomic E-state index is 13.3. The third-order valence-corrected chi connectivity index (χ3v) is 7.50. The maximum atomic E-state index is 13.3. The molecule has 2 N–H and O–H groups in total. The van der Waals surface area contributed by atoms with E-state index in [0.29, 0.717) is 6.42 Å². The number of rotatable bonds is 3. The summed E-state index contributed by atoms with van der Waals surface area (Å²) in [5.74, 6) is -0.540. The van der Waals surface area contributed by atoms with Gasteiger partial charge in [0.1, 0.15) is 0 Å². The quantitative estimate of drug-likeness (QED) is 0.742. The molecule has 1 aliphatic carbocycles. The van der Waals surface area contributed by atoms with E-state index in [1.54, 1.807) is 31.7 Å². The van der Waals surface area contributed by atoms with E-state index >= 15 is 0 Å². The third kappa shape index (κ3) is 1.92. The second-order valence-corrected chi connectivity index (χ2v) is 8.08. The molecule has 0 radical (unpaired) electrons. The summed E-state index contributed by atoms with van der Waals surface area (Å²) in [6, 6.07) is -0.546. The highest BCUT2D eigenvalue weighted by molar-refractivity contribution is 8.01. The highest BCUT2D eigenvalue weighted by Crippen LogP contribution is 2.53. The van der Waals surface area contributed by atoms with Crippen LogP contribution >= 0.6 is 23.5 Å². The number of fused-ring (bicyclic) bond motifs is 3. The first-order chi connectivity index (χ1) is 10.9. The summed E-state index contributed by atoms with van der Waals surface area (Å²) < 4.78 is 0. The van der Waals surface area contributed by atoms with Crippen molar-refractivity contribution >= 4 is 35.3 Å². The van der Waals surface area contributed by atoms with Crippen molar-refractivity contribution in [3.05, 3.63) is 23.8 Å². The van der Waals surface area contributed by atoms with Crippen LogP contribution < -0.4 is 0 Å². The van der Waals surface area contributed by atoms with Crippen molar-refractivity contribution in [2.45, 2.75) is 28.3 Å². The molecule has 0 saturated carbocycles. The van der Waals surface area contributed by atoms with Crippen LogP contribution in [0.3, 0.4) is 0 Å². The minimum absolute atomic E-state index is 0.212. The molecule has 0 spiro atoms. The van der Waals surface area contributed by atoms with Crippen LogP contribution in [0.4, 0.5) is 0 Å². The Morgan fingerprint density at radius 2 is 2.00 bits per heavy atom. The summed E-state index contributed by atoms with van der Waals surface area (Å²) in [5.41, 5.74) is 0.874. The second kappa shape index (κ2) is 5.54. The Morgan fingerprint density at radius 3 is 2.57 bits per heavy atom. The van der Waals surface area contributed by atoms with Gasteiger partial charge in [-0.25, -0.2) is 0 Å². The summed E-state index contributed by atoms with van der Waals surface area (Å²) >= 11 is 2.46. The lowest BCUT2D eigenvalue weighted by molar-refractivity contribution is -0.167. The number of amides is 2. The molecule has 0 aromatic carbocycles. The average molecular weight is 356 g/mol. The van der Waals surface area contributed by atoms with Gasteiger partial charge in [-0.1, -0.05) is 18.2 Å². The summed E-state index contributed by atoms with van der Waals surface area (Å²) in [5, 5.41) is 20.3. The molecule has 0 unspecified atom stereocenters. The highest BCUT2D eigenvalue weighted by Gasteiger charge is 2.67. The minimum atomic E-state index is -1.34. The first kappa shape index (κ1) is 16.9. The van der Waals surface area contributed by atoms with Crippen molar-refractivity contribution in [1.82, 2.24) is 9.80 Å². The number of hydrogen-bond acceptors (Lipinski definition) is 6. The Balaban J connectivity index is 2.19. The molecule has 23 heavy (non-hydrogen) atoms. The SMILES string of the molecule is CS[C@]12CC3=CC=C[C@H](O)[C@H]3N1C(=O)[C@@](CO)(SC)N(C)C2=O. The Morgan fingerprint density at radius 1 is 1.30 bits per heavy atom. The summed E-state index contributed by atoms with van der Waals surface area (Å²) in [4.78, 5) is 26.9. The van der Waals surface area contributed by atoms with Gasteiger partial charge in [-0.3, -0.25) is 9.59 Å². The van der Waals surface area contributed by atoms with E-state index in [4.69, 9.17) is 0 Å². The molecule has 126 valence electrons. The van der Waals surface area contributed by atoms with Crippen LogP contribution in [0.2, 0.25) is 0 Å². The average Bonchev–Trinajstić information content (AvgIpc) is 2.91. The van der Waals surface area contributed by atoms with Crippen molar-refractivity contribution in [3.8, 4) is 0 Å². The zero-order chi connectivity index (χ0) is 17.0. The summed E-state index contributed by atoms with van der Waals surface area (Å²) in [6.07, 6.45) is 8.31. The number of aliphatic hydroxyl groups is 2. The predicted molar refractivity (Wildman–Crippen MR) is 90.8 cm³/mol. The van der Waals surface area contributed by atoms with Crippen molar-refractivity contribution in [2.75, 3.05) is 26.2 Å². The standard InChI is InChI=1S/C15H20N2O4S2/c1-16-12(20)14(22-2)7-9-5-4-6-10(19)11(9)17(14)13(21)15(16,8-18)23-3/h4-6,10-11,18-19H,7-8H2,1-3H3/t10-,11-,14-,15+/m0/s1.